The Labute approximate surface area is 398 Å². The smallest absolute Gasteiger partial charge is 0.329 e. The van der Waals surface area contributed by atoms with E-state index in [0.29, 0.717) is 63.5 Å². The number of aliphatic hydroxyl groups excluding tert-OH is 2. The summed E-state index contributed by atoms with van der Waals surface area (Å²) in [6, 6.07) is 8.18. The fourth-order valence-corrected chi connectivity index (χ4v) is 10.7. The molecule has 0 aromatic heterocycles. The highest BCUT2D eigenvalue weighted by Gasteiger charge is 2.56. The molecule has 3 heterocycles. The number of ketones is 2. The highest BCUT2D eigenvalue weighted by Crippen LogP contribution is 2.39. The fraction of sp³-hybridized carbons (Fsp3) is 0.698. The van der Waals surface area contributed by atoms with Crippen molar-refractivity contribution in [3.8, 4) is 0 Å². The van der Waals surface area contributed by atoms with Gasteiger partial charge in [0.15, 0.2) is 0 Å². The zero-order chi connectivity index (χ0) is 49.0. The molecule has 3 fully saturated rings. The van der Waals surface area contributed by atoms with Gasteiger partial charge in [0.1, 0.15) is 30.1 Å². The minimum absolute atomic E-state index is 0.0196. The number of hydrogen-bond donors (Lipinski definition) is 3. The Kier molecular flexibility index (Phi) is 20.5. The summed E-state index contributed by atoms with van der Waals surface area (Å²) in [4.78, 5) is 58.5. The third-order valence-electron chi connectivity index (χ3n) is 14.6. The molecule has 15 unspecified atom stereocenters. The number of allylic oxidation sites excluding steroid dienone is 3. The van der Waals surface area contributed by atoms with Crippen molar-refractivity contribution in [1.82, 2.24) is 4.90 Å². The summed E-state index contributed by atoms with van der Waals surface area (Å²) in [5, 5.41) is 34.9. The molecule has 4 aliphatic rings. The first-order valence-corrected chi connectivity index (χ1v) is 24.6. The molecule has 1 aliphatic carbocycles. The van der Waals surface area contributed by atoms with E-state index < -0.39 is 83.9 Å². The van der Waals surface area contributed by atoms with Crippen LogP contribution in [0.3, 0.4) is 0 Å². The van der Waals surface area contributed by atoms with Crippen molar-refractivity contribution in [1.29, 1.82) is 0 Å². The highest BCUT2D eigenvalue weighted by atomic mass is 16.7. The zero-order valence-electron chi connectivity index (χ0n) is 41.2. The molecule has 67 heavy (non-hydrogen) atoms. The number of cyclic esters (lactones) is 1. The third kappa shape index (κ3) is 13.8. The second-order valence-corrected chi connectivity index (χ2v) is 19.8. The summed E-state index contributed by atoms with van der Waals surface area (Å²) in [6.45, 7) is 15.5. The Bertz CT molecular complexity index is 1870. The zero-order valence-corrected chi connectivity index (χ0v) is 41.2. The molecule has 3 N–H and O–H groups in total. The molecule has 1 aromatic carbocycles. The van der Waals surface area contributed by atoms with Gasteiger partial charge in [0, 0.05) is 44.9 Å². The van der Waals surface area contributed by atoms with E-state index in [1.54, 1.807) is 19.9 Å². The normalized spacial score (nSPS) is 36.3. The number of carbonyl (C=O) groups excluding carboxylic acids is 4. The molecule has 2 saturated heterocycles. The number of ether oxygens (including phenoxy) is 6. The summed E-state index contributed by atoms with van der Waals surface area (Å²) < 4.78 is 37.0. The molecule has 14 nitrogen and oxygen atoms in total. The van der Waals surface area contributed by atoms with E-state index in [1.165, 1.54) is 19.1 Å². The van der Waals surface area contributed by atoms with Gasteiger partial charge in [0.2, 0.25) is 5.79 Å². The maximum Gasteiger partial charge on any atom is 0.329 e. The van der Waals surface area contributed by atoms with E-state index in [0.717, 1.165) is 11.1 Å². The number of amides is 1. The van der Waals surface area contributed by atoms with E-state index in [4.69, 9.17) is 28.4 Å². The van der Waals surface area contributed by atoms with Crippen LogP contribution in [0.1, 0.15) is 124 Å². The molecule has 1 amide bonds. The number of Topliss-reactive ketones (excluding diaryl/α,β-unsaturated/α-hetero) is 2. The first-order chi connectivity index (χ1) is 31.9. The molecule has 374 valence electrons. The van der Waals surface area contributed by atoms with E-state index in [1.807, 2.05) is 63.3 Å². The second-order valence-electron chi connectivity index (χ2n) is 19.8. The average Bonchev–Trinajstić information content (AvgIpc) is 3.32. The summed E-state index contributed by atoms with van der Waals surface area (Å²) >= 11 is 0. The van der Waals surface area contributed by atoms with Crippen LogP contribution < -0.4 is 0 Å². The number of aliphatic hydroxyl groups is 3. The van der Waals surface area contributed by atoms with Crippen LogP contribution in [0.25, 0.3) is 0 Å². The van der Waals surface area contributed by atoms with Gasteiger partial charge in [-0.15, -0.1) is 6.58 Å². The number of piperidine rings is 1. The first-order valence-electron chi connectivity index (χ1n) is 24.6. The van der Waals surface area contributed by atoms with Crippen molar-refractivity contribution in [2.24, 2.45) is 29.6 Å². The predicted octanol–water partition coefficient (Wildman–Crippen LogP) is 6.79. The number of benzene rings is 1. The van der Waals surface area contributed by atoms with E-state index >= 15 is 0 Å². The molecule has 3 aliphatic heterocycles. The number of nitrogens with zero attached hydrogens (tertiary/aromatic N) is 1. The maximum atomic E-state index is 14.6. The summed E-state index contributed by atoms with van der Waals surface area (Å²) in [5.41, 5.74) is 2.40. The fourth-order valence-electron chi connectivity index (χ4n) is 10.7. The quantitative estimate of drug-likeness (QED) is 0.113. The number of esters is 1. The Hall–Kier alpha value is -3.60. The number of methoxy groups -OCH3 is 2. The molecule has 0 spiro atoms. The van der Waals surface area contributed by atoms with Gasteiger partial charge in [-0.25, -0.2) is 4.79 Å². The molecule has 14 heteroatoms. The predicted molar refractivity (Wildman–Crippen MR) is 252 cm³/mol. The molecule has 2 bridgehead atoms. The lowest BCUT2D eigenvalue weighted by atomic mass is 9.81. The number of carbonyl (C=O) groups is 4. The minimum Gasteiger partial charge on any atom is -0.456 e. The number of hydrogen-bond acceptors (Lipinski definition) is 13. The molecule has 0 radical (unpaired) electrons. The van der Waals surface area contributed by atoms with Gasteiger partial charge in [-0.05, 0) is 101 Å². The first kappa shape index (κ1) is 54.3. The van der Waals surface area contributed by atoms with Crippen molar-refractivity contribution < 1.29 is 62.9 Å². The van der Waals surface area contributed by atoms with Gasteiger partial charge in [0.05, 0.1) is 43.7 Å². The van der Waals surface area contributed by atoms with Crippen LogP contribution in [0.15, 0.2) is 66.3 Å². The molecule has 1 aromatic rings. The van der Waals surface area contributed by atoms with Crippen LogP contribution in [0, 0.1) is 29.6 Å². The van der Waals surface area contributed by atoms with E-state index in [-0.39, 0.29) is 62.2 Å². The van der Waals surface area contributed by atoms with Crippen LogP contribution in [-0.2, 0) is 47.6 Å². The van der Waals surface area contributed by atoms with Gasteiger partial charge in [-0.3, -0.25) is 14.4 Å². The van der Waals surface area contributed by atoms with Crippen LogP contribution in [0.2, 0.25) is 0 Å². The van der Waals surface area contributed by atoms with Crippen molar-refractivity contribution in [3.05, 3.63) is 71.8 Å². The molecular weight excluding hydrogens is 859 g/mol. The van der Waals surface area contributed by atoms with Crippen molar-refractivity contribution in [2.75, 3.05) is 34.0 Å². The highest BCUT2D eigenvalue weighted by molar-refractivity contribution is 6.39. The van der Waals surface area contributed by atoms with Crippen molar-refractivity contribution in [2.45, 2.75) is 173 Å². The Morgan fingerprint density at radius 1 is 0.940 bits per heavy atom. The van der Waals surface area contributed by atoms with Gasteiger partial charge in [-0.2, -0.15) is 0 Å². The topological polar surface area (TPSA) is 188 Å². The largest absolute Gasteiger partial charge is 0.456 e. The Balaban J connectivity index is 1.47. The standard InChI is InChI=1S/C53H79NO13/c1-10-23-64-45-29-37(20-21-44(45)65-31-43(57)39-17-13-12-14-18-39)27-34(5)48-36(7)41(55)30-42(56)38(11-2)25-32(3)24-33(4)26-46(62-8)49-47(63-9)28-35(6)53(61,67-49)50(58)51(59)54-22-16-15-19-40(54)52(60)66-48/h10,12-14,17-18,25,27,33,35-38,40-41,43-49,55,57,61H,1,11,15-16,19-24,26,28-31H2,2-9H3. The van der Waals surface area contributed by atoms with Crippen LogP contribution in [0.4, 0.5) is 0 Å². The Morgan fingerprint density at radius 2 is 1.64 bits per heavy atom. The summed E-state index contributed by atoms with van der Waals surface area (Å²) in [6.07, 6.45) is 4.81. The third-order valence-corrected chi connectivity index (χ3v) is 14.6. The van der Waals surface area contributed by atoms with Crippen LogP contribution in [0.5, 0.6) is 0 Å². The average molecular weight is 938 g/mol. The van der Waals surface area contributed by atoms with Crippen LogP contribution in [-0.4, -0.2) is 132 Å². The van der Waals surface area contributed by atoms with Gasteiger partial charge >= 0.3 is 5.97 Å². The van der Waals surface area contributed by atoms with Gasteiger partial charge < -0.3 is 48.6 Å². The molecule has 5 rings (SSSR count). The lowest BCUT2D eigenvalue weighted by molar-refractivity contribution is -0.302. The van der Waals surface area contributed by atoms with Crippen molar-refractivity contribution in [3.63, 3.8) is 0 Å². The summed E-state index contributed by atoms with van der Waals surface area (Å²) in [7, 11) is 3.07. The molecule has 1 saturated carbocycles. The van der Waals surface area contributed by atoms with Gasteiger partial charge in [-0.1, -0.05) is 81.8 Å². The second kappa shape index (κ2) is 25.3. The molecular formula is C53H79NO13. The van der Waals surface area contributed by atoms with Gasteiger partial charge in [0.25, 0.3) is 11.7 Å². The number of rotatable bonds is 12. The number of fused-ring (bicyclic) bond motifs is 3. The lowest BCUT2D eigenvalue weighted by Crippen LogP contribution is -2.64. The van der Waals surface area contributed by atoms with Crippen molar-refractivity contribution >= 4 is 23.4 Å². The maximum absolute atomic E-state index is 14.6. The lowest BCUT2D eigenvalue weighted by Gasteiger charge is -2.47. The summed E-state index contributed by atoms with van der Waals surface area (Å²) in [5.74, 6) is -7.70. The van der Waals surface area contributed by atoms with Crippen LogP contribution >= 0.6 is 0 Å². The Morgan fingerprint density at radius 3 is 2.31 bits per heavy atom. The van der Waals surface area contributed by atoms with E-state index in [2.05, 4.69) is 13.5 Å². The monoisotopic (exact) mass is 938 g/mol. The minimum atomic E-state index is -2.52. The SMILES string of the molecule is C=CCOC1CC(C=C(C)C2OC(=O)C3CCCCN3C(=O)C(=O)C3(O)OC(C(OC)CC(C)CC(C)=CC(CC)C(=O)CC(O)C2C)C(OC)CC3C)CCC1OCC(O)c1ccccc1. The molecule has 15 atom stereocenters. The van der Waals surface area contributed by atoms with E-state index in [9.17, 15) is 34.5 Å².